The van der Waals surface area contributed by atoms with Gasteiger partial charge in [0.05, 0.1) is 18.2 Å². The molecule has 2 aliphatic rings. The topological polar surface area (TPSA) is 56.2 Å². The molecule has 0 aliphatic heterocycles. The molecular formula is C30H29ClFN3O2. The highest BCUT2D eigenvalue weighted by atomic mass is 35.5. The Morgan fingerprint density at radius 3 is 2.57 bits per heavy atom. The summed E-state index contributed by atoms with van der Waals surface area (Å²) in [5.74, 6) is 0.742. The molecule has 2 aromatic carbocycles. The van der Waals surface area contributed by atoms with Gasteiger partial charge in [0.15, 0.2) is 0 Å². The van der Waals surface area contributed by atoms with Crippen LogP contribution in [0.3, 0.4) is 0 Å². The van der Waals surface area contributed by atoms with Crippen molar-refractivity contribution >= 4 is 28.4 Å². The minimum atomic E-state index is -0.324. The van der Waals surface area contributed by atoms with Gasteiger partial charge in [0, 0.05) is 35.9 Å². The number of halogens is 2. The van der Waals surface area contributed by atoms with E-state index in [2.05, 4.69) is 17.2 Å². The van der Waals surface area contributed by atoms with Crippen LogP contribution in [0, 0.1) is 17.2 Å². The predicted octanol–water partition coefficient (Wildman–Crippen LogP) is 6.86. The molecule has 1 N–H and O–H groups in total. The van der Waals surface area contributed by atoms with Crippen molar-refractivity contribution < 1.29 is 13.9 Å². The van der Waals surface area contributed by atoms with Crippen molar-refractivity contribution in [3.8, 4) is 17.0 Å². The van der Waals surface area contributed by atoms with Crippen LogP contribution in [0.4, 0.5) is 4.39 Å². The molecule has 0 bridgehead atoms. The minimum Gasteiger partial charge on any atom is -0.480 e. The highest BCUT2D eigenvalue weighted by Crippen LogP contribution is 2.58. The number of fused-ring (bicyclic) bond motifs is 1. The number of hydrogen-bond acceptors (Lipinski definition) is 3. The van der Waals surface area contributed by atoms with Gasteiger partial charge < -0.3 is 14.6 Å². The van der Waals surface area contributed by atoms with E-state index in [1.165, 1.54) is 26.0 Å². The van der Waals surface area contributed by atoms with Crippen LogP contribution in [0.5, 0.6) is 5.88 Å². The number of nitrogens with zero attached hydrogens (tertiary/aromatic N) is 2. The molecule has 6 rings (SSSR count). The second-order valence-corrected chi connectivity index (χ2v) is 11.2. The third-order valence-electron chi connectivity index (χ3n) is 8.01. The molecule has 4 aromatic rings. The third kappa shape index (κ3) is 4.37. The summed E-state index contributed by atoms with van der Waals surface area (Å²) in [6, 6.07) is 14.8. The van der Waals surface area contributed by atoms with Crippen LogP contribution in [0.15, 0.2) is 60.9 Å². The smallest absolute Gasteiger partial charge is 0.253 e. The van der Waals surface area contributed by atoms with E-state index in [1.54, 1.807) is 18.3 Å². The number of carbonyl (C=O) groups is 1. The zero-order valence-electron chi connectivity index (χ0n) is 20.9. The quantitative estimate of drug-likeness (QED) is 0.304. The lowest BCUT2D eigenvalue weighted by Crippen LogP contribution is -2.55. The zero-order chi connectivity index (χ0) is 25.7. The fourth-order valence-electron chi connectivity index (χ4n) is 6.44. The van der Waals surface area contributed by atoms with E-state index in [0.717, 1.165) is 35.4 Å². The summed E-state index contributed by atoms with van der Waals surface area (Å²) in [5.41, 5.74) is 4.49. The molecule has 0 saturated heterocycles. The molecule has 0 radical (unpaired) electrons. The lowest BCUT2D eigenvalue weighted by atomic mass is 9.50. The summed E-state index contributed by atoms with van der Waals surface area (Å²) in [7, 11) is 1.53. The lowest BCUT2D eigenvalue weighted by molar-refractivity contribution is -0.0399. The number of ether oxygens (including phenoxy) is 1. The van der Waals surface area contributed by atoms with Gasteiger partial charge >= 0.3 is 0 Å². The van der Waals surface area contributed by atoms with Crippen molar-refractivity contribution in [2.75, 3.05) is 7.11 Å². The fourth-order valence-corrected chi connectivity index (χ4v) is 6.68. The molecule has 1 spiro atoms. The Kier molecular flexibility index (Phi) is 5.95. The Morgan fingerprint density at radius 1 is 1.14 bits per heavy atom. The number of hydrogen-bond donors (Lipinski definition) is 1. The molecule has 7 heteroatoms. The van der Waals surface area contributed by atoms with Crippen molar-refractivity contribution in [2.24, 2.45) is 11.3 Å². The average Bonchev–Trinajstić information content (AvgIpc) is 3.27. The monoisotopic (exact) mass is 517 g/mol. The van der Waals surface area contributed by atoms with Crippen LogP contribution in [0.1, 0.15) is 48.5 Å². The average molecular weight is 518 g/mol. The summed E-state index contributed by atoms with van der Waals surface area (Å²) in [6.07, 6.45) is 8.21. The highest BCUT2D eigenvalue weighted by Gasteiger charge is 2.51. The van der Waals surface area contributed by atoms with E-state index in [0.29, 0.717) is 39.3 Å². The molecule has 0 atom stereocenters. The summed E-state index contributed by atoms with van der Waals surface area (Å²) in [6.45, 7) is 2.81. The van der Waals surface area contributed by atoms with Crippen molar-refractivity contribution in [1.29, 1.82) is 0 Å². The number of methoxy groups -OCH3 is 1. The molecular weight excluding hydrogens is 489 g/mol. The Balaban J connectivity index is 1.22. The van der Waals surface area contributed by atoms with Crippen LogP contribution >= 0.6 is 11.6 Å². The molecule has 37 heavy (non-hydrogen) atoms. The fraction of sp³-hybridized carbons (Fsp3) is 0.333. The van der Waals surface area contributed by atoms with Crippen molar-refractivity contribution in [1.82, 2.24) is 14.9 Å². The normalized spacial score (nSPS) is 22.5. The third-order valence-corrected chi connectivity index (χ3v) is 8.29. The van der Waals surface area contributed by atoms with Gasteiger partial charge in [0.1, 0.15) is 10.8 Å². The van der Waals surface area contributed by atoms with Crippen molar-refractivity contribution in [3.05, 3.63) is 82.9 Å². The molecule has 2 aliphatic carbocycles. The second-order valence-electron chi connectivity index (χ2n) is 10.8. The maximum Gasteiger partial charge on any atom is 0.253 e. The van der Waals surface area contributed by atoms with Crippen LogP contribution < -0.4 is 10.1 Å². The lowest BCUT2D eigenvalue weighted by Gasteiger charge is -2.57. The largest absolute Gasteiger partial charge is 0.480 e. The van der Waals surface area contributed by atoms with Gasteiger partial charge in [-0.1, -0.05) is 42.8 Å². The zero-order valence-corrected chi connectivity index (χ0v) is 21.7. The summed E-state index contributed by atoms with van der Waals surface area (Å²) < 4.78 is 21.8. The van der Waals surface area contributed by atoms with E-state index in [-0.39, 0.29) is 17.8 Å². The first-order valence-corrected chi connectivity index (χ1v) is 13.1. The highest BCUT2D eigenvalue weighted by molar-refractivity contribution is 6.32. The molecule has 2 fully saturated rings. The Hall–Kier alpha value is -3.38. The molecule has 2 aromatic heterocycles. The van der Waals surface area contributed by atoms with E-state index in [4.69, 9.17) is 16.3 Å². The Bertz CT molecular complexity index is 1480. The number of nitrogens with one attached hydrogen (secondary N) is 1. The van der Waals surface area contributed by atoms with E-state index >= 15 is 0 Å². The van der Waals surface area contributed by atoms with Gasteiger partial charge in [-0.3, -0.25) is 4.79 Å². The van der Waals surface area contributed by atoms with Crippen molar-refractivity contribution in [3.63, 3.8) is 0 Å². The number of benzene rings is 2. The number of pyridine rings is 1. The number of carbonyl (C=O) groups excluding carboxylic acids is 1. The van der Waals surface area contributed by atoms with Gasteiger partial charge in [-0.05, 0) is 72.4 Å². The van der Waals surface area contributed by atoms with Crippen LogP contribution in [0.25, 0.3) is 22.0 Å². The SMILES string of the molecule is COc1ncc(-c2ccc(Cn3ccc4c(F)ccc(C(=O)NC5CC6(CC(C)C6)C5)c43)cc2)cc1Cl. The summed E-state index contributed by atoms with van der Waals surface area (Å²) in [4.78, 5) is 17.5. The number of aromatic nitrogens is 2. The maximum absolute atomic E-state index is 14.7. The minimum absolute atomic E-state index is 0.128. The molecule has 0 unspecified atom stereocenters. The molecule has 2 heterocycles. The Morgan fingerprint density at radius 2 is 1.89 bits per heavy atom. The number of rotatable bonds is 6. The van der Waals surface area contributed by atoms with Crippen molar-refractivity contribution in [2.45, 2.75) is 45.2 Å². The van der Waals surface area contributed by atoms with E-state index in [1.807, 2.05) is 41.1 Å². The predicted molar refractivity (Wildman–Crippen MR) is 144 cm³/mol. The molecule has 5 nitrogen and oxygen atoms in total. The van der Waals surface area contributed by atoms with Gasteiger partial charge in [-0.2, -0.15) is 0 Å². The van der Waals surface area contributed by atoms with Crippen LogP contribution in [-0.4, -0.2) is 28.6 Å². The first-order chi connectivity index (χ1) is 17.8. The summed E-state index contributed by atoms with van der Waals surface area (Å²) in [5, 5.41) is 4.11. The molecule has 190 valence electrons. The second kappa shape index (κ2) is 9.18. The van der Waals surface area contributed by atoms with Gasteiger partial charge in [0.25, 0.3) is 5.91 Å². The van der Waals surface area contributed by atoms with E-state index < -0.39 is 0 Å². The first kappa shape index (κ1) is 24.0. The van der Waals surface area contributed by atoms with Crippen LogP contribution in [-0.2, 0) is 6.54 Å². The number of amides is 1. The molecule has 2 saturated carbocycles. The van der Waals surface area contributed by atoms with Gasteiger partial charge in [-0.25, -0.2) is 9.37 Å². The maximum atomic E-state index is 14.7. The summed E-state index contributed by atoms with van der Waals surface area (Å²) >= 11 is 6.23. The molecule has 1 amide bonds. The standard InChI is InChI=1S/C30H29ClFN3O2/c1-18-12-30(13-18)14-22(15-30)34-28(36)24-7-8-26(32)23-9-10-35(27(23)24)17-19-3-5-20(6-4-19)21-11-25(31)29(37-2)33-16-21/h3-11,16,18,22H,12-15,17H2,1-2H3,(H,34,36). The van der Waals surface area contributed by atoms with Crippen LogP contribution in [0.2, 0.25) is 5.02 Å². The van der Waals surface area contributed by atoms with Gasteiger partial charge in [0.2, 0.25) is 5.88 Å². The Labute approximate surface area is 220 Å². The van der Waals surface area contributed by atoms with E-state index in [9.17, 15) is 9.18 Å². The first-order valence-electron chi connectivity index (χ1n) is 12.7. The van der Waals surface area contributed by atoms with Gasteiger partial charge in [-0.15, -0.1) is 0 Å².